The van der Waals surface area contributed by atoms with Gasteiger partial charge in [0.15, 0.2) is 0 Å². The molecule has 0 aliphatic heterocycles. The first-order valence-corrected chi connectivity index (χ1v) is 5.54. The molecule has 5 nitrogen and oxygen atoms in total. The summed E-state index contributed by atoms with van der Waals surface area (Å²) in [6.07, 6.45) is -3.76. The number of carboxylic acid groups (broad SMARTS) is 1. The van der Waals surface area contributed by atoms with Crippen LogP contribution in [0.3, 0.4) is 0 Å². The highest BCUT2D eigenvalue weighted by molar-refractivity contribution is 5.65. The standard InChI is InChI=1S/C11H11F3N2O3/c12-11(13,14)9-2-1-7(5-15-9)19-8-3-6(4-8)16-10(17)18/h1-2,5-6,8,16H,3-4H2,(H,17,18)/t6-,8-. The first kappa shape index (κ1) is 13.4. The Kier molecular flexibility index (Phi) is 3.50. The van der Waals surface area contributed by atoms with Gasteiger partial charge in [-0.1, -0.05) is 0 Å². The minimum absolute atomic E-state index is 0.162. The zero-order valence-corrected chi connectivity index (χ0v) is 9.65. The van der Waals surface area contributed by atoms with Crippen LogP contribution in [-0.4, -0.2) is 28.3 Å². The highest BCUT2D eigenvalue weighted by Crippen LogP contribution is 2.30. The zero-order valence-electron chi connectivity index (χ0n) is 9.65. The number of pyridine rings is 1. The molecule has 0 unspecified atom stereocenters. The summed E-state index contributed by atoms with van der Waals surface area (Å²) in [4.78, 5) is 13.6. The van der Waals surface area contributed by atoms with Crippen LogP contribution in [0.2, 0.25) is 0 Å². The van der Waals surface area contributed by atoms with Crippen LogP contribution in [0.1, 0.15) is 18.5 Å². The van der Waals surface area contributed by atoms with Crippen molar-refractivity contribution in [3.05, 3.63) is 24.0 Å². The Morgan fingerprint density at radius 1 is 1.42 bits per heavy atom. The van der Waals surface area contributed by atoms with Gasteiger partial charge in [-0.3, -0.25) is 0 Å². The van der Waals surface area contributed by atoms with Crippen molar-refractivity contribution in [2.75, 3.05) is 0 Å². The van der Waals surface area contributed by atoms with Crippen molar-refractivity contribution in [1.82, 2.24) is 10.3 Å². The third-order valence-corrected chi connectivity index (χ3v) is 2.75. The van der Waals surface area contributed by atoms with Crippen molar-refractivity contribution in [3.8, 4) is 5.75 Å². The Morgan fingerprint density at radius 3 is 2.58 bits per heavy atom. The minimum atomic E-state index is -4.47. The molecule has 2 rings (SSSR count). The van der Waals surface area contributed by atoms with Gasteiger partial charge < -0.3 is 15.2 Å². The van der Waals surface area contributed by atoms with E-state index < -0.39 is 18.0 Å². The van der Waals surface area contributed by atoms with Crippen molar-refractivity contribution in [1.29, 1.82) is 0 Å². The van der Waals surface area contributed by atoms with Gasteiger partial charge in [0.1, 0.15) is 17.5 Å². The number of halogens is 3. The maximum absolute atomic E-state index is 12.3. The second-order valence-electron chi connectivity index (χ2n) is 4.23. The van der Waals surface area contributed by atoms with E-state index in [1.807, 2.05) is 0 Å². The quantitative estimate of drug-likeness (QED) is 0.888. The SMILES string of the molecule is O=C(O)N[C@H]1C[C@H](Oc2ccc(C(F)(F)F)nc2)C1. The molecule has 0 aromatic carbocycles. The molecule has 1 aliphatic rings. The topological polar surface area (TPSA) is 71.5 Å². The zero-order chi connectivity index (χ0) is 14.0. The lowest BCUT2D eigenvalue weighted by atomic mass is 9.89. The number of ether oxygens (including phenoxy) is 1. The second kappa shape index (κ2) is 4.94. The molecule has 0 radical (unpaired) electrons. The van der Waals surface area contributed by atoms with Gasteiger partial charge in [-0.2, -0.15) is 13.2 Å². The number of aromatic nitrogens is 1. The number of rotatable bonds is 3. The van der Waals surface area contributed by atoms with Gasteiger partial charge in [0.25, 0.3) is 0 Å². The number of nitrogens with zero attached hydrogens (tertiary/aromatic N) is 1. The summed E-state index contributed by atoms with van der Waals surface area (Å²) in [7, 11) is 0. The van der Waals surface area contributed by atoms with E-state index >= 15 is 0 Å². The summed E-state index contributed by atoms with van der Waals surface area (Å²) >= 11 is 0. The van der Waals surface area contributed by atoms with E-state index in [2.05, 4.69) is 10.3 Å². The van der Waals surface area contributed by atoms with Crippen molar-refractivity contribution >= 4 is 6.09 Å². The van der Waals surface area contributed by atoms with Crippen LogP contribution in [0, 0.1) is 0 Å². The van der Waals surface area contributed by atoms with Gasteiger partial charge >= 0.3 is 12.3 Å². The molecule has 19 heavy (non-hydrogen) atoms. The second-order valence-corrected chi connectivity index (χ2v) is 4.23. The Balaban J connectivity index is 1.84. The highest BCUT2D eigenvalue weighted by Gasteiger charge is 2.34. The van der Waals surface area contributed by atoms with Gasteiger partial charge in [0.05, 0.1) is 6.20 Å². The third kappa shape index (κ3) is 3.49. The van der Waals surface area contributed by atoms with Crippen LogP contribution < -0.4 is 10.1 Å². The average Bonchev–Trinajstić information content (AvgIpc) is 2.25. The summed E-state index contributed by atoms with van der Waals surface area (Å²) in [6.45, 7) is 0. The first-order valence-electron chi connectivity index (χ1n) is 5.54. The summed E-state index contributed by atoms with van der Waals surface area (Å²) < 4.78 is 42.2. The van der Waals surface area contributed by atoms with E-state index in [1.54, 1.807) is 0 Å². The first-order chi connectivity index (χ1) is 8.84. The number of nitrogens with one attached hydrogen (secondary N) is 1. The van der Waals surface area contributed by atoms with Gasteiger partial charge in [-0.15, -0.1) is 0 Å². The summed E-state index contributed by atoms with van der Waals surface area (Å²) in [6, 6.07) is 1.89. The van der Waals surface area contributed by atoms with Crippen LogP contribution in [0.25, 0.3) is 0 Å². The molecule has 1 aliphatic carbocycles. The van der Waals surface area contributed by atoms with Gasteiger partial charge in [-0.25, -0.2) is 9.78 Å². The van der Waals surface area contributed by atoms with Crippen molar-refractivity contribution in [2.24, 2.45) is 0 Å². The van der Waals surface area contributed by atoms with Crippen LogP contribution >= 0.6 is 0 Å². The lowest BCUT2D eigenvalue weighted by Gasteiger charge is -2.34. The molecule has 0 spiro atoms. The van der Waals surface area contributed by atoms with E-state index in [0.29, 0.717) is 12.8 Å². The fourth-order valence-corrected chi connectivity index (χ4v) is 1.76. The molecule has 104 valence electrons. The minimum Gasteiger partial charge on any atom is -0.489 e. The van der Waals surface area contributed by atoms with E-state index in [0.717, 1.165) is 12.3 Å². The largest absolute Gasteiger partial charge is 0.489 e. The summed E-state index contributed by atoms with van der Waals surface area (Å²) in [5.74, 6) is 0.242. The number of hydrogen-bond donors (Lipinski definition) is 2. The fraction of sp³-hybridized carbons (Fsp3) is 0.455. The van der Waals surface area contributed by atoms with Crippen LogP contribution in [-0.2, 0) is 6.18 Å². The van der Waals surface area contributed by atoms with Crippen molar-refractivity contribution in [2.45, 2.75) is 31.2 Å². The predicted molar refractivity (Wildman–Crippen MR) is 57.8 cm³/mol. The highest BCUT2D eigenvalue weighted by atomic mass is 19.4. The molecule has 0 bridgehead atoms. The Morgan fingerprint density at radius 2 is 2.11 bits per heavy atom. The molecule has 1 aromatic rings. The monoisotopic (exact) mass is 276 g/mol. The fourth-order valence-electron chi connectivity index (χ4n) is 1.76. The molecule has 2 N–H and O–H groups in total. The molecule has 1 heterocycles. The van der Waals surface area contributed by atoms with Crippen molar-refractivity contribution < 1.29 is 27.8 Å². The normalized spacial score (nSPS) is 22.5. The molecule has 1 saturated carbocycles. The number of hydrogen-bond acceptors (Lipinski definition) is 3. The van der Waals surface area contributed by atoms with Gasteiger partial charge in [-0.05, 0) is 12.1 Å². The molecular formula is C11H11F3N2O3. The molecule has 0 atom stereocenters. The third-order valence-electron chi connectivity index (χ3n) is 2.75. The number of amides is 1. The molecule has 0 saturated heterocycles. The van der Waals surface area contributed by atoms with Crippen LogP contribution in [0.4, 0.5) is 18.0 Å². The molecule has 1 aromatic heterocycles. The van der Waals surface area contributed by atoms with Crippen LogP contribution in [0.15, 0.2) is 18.3 Å². The number of alkyl halides is 3. The predicted octanol–water partition coefficient (Wildman–Crippen LogP) is 2.28. The maximum Gasteiger partial charge on any atom is 0.433 e. The summed E-state index contributed by atoms with van der Waals surface area (Å²) in [5.41, 5.74) is -0.973. The Hall–Kier alpha value is -1.99. The molecule has 1 fully saturated rings. The Labute approximate surface area is 106 Å². The average molecular weight is 276 g/mol. The van der Waals surface area contributed by atoms with Gasteiger partial charge in [0.2, 0.25) is 0 Å². The van der Waals surface area contributed by atoms with E-state index in [-0.39, 0.29) is 17.9 Å². The number of carbonyl (C=O) groups is 1. The molecular weight excluding hydrogens is 265 g/mol. The van der Waals surface area contributed by atoms with E-state index in [4.69, 9.17) is 9.84 Å². The molecule has 8 heteroatoms. The lowest BCUT2D eigenvalue weighted by Crippen LogP contribution is -2.48. The van der Waals surface area contributed by atoms with Crippen LogP contribution in [0.5, 0.6) is 5.75 Å². The van der Waals surface area contributed by atoms with E-state index in [1.165, 1.54) is 6.07 Å². The Bertz CT molecular complexity index is 455. The van der Waals surface area contributed by atoms with Crippen molar-refractivity contribution in [3.63, 3.8) is 0 Å². The van der Waals surface area contributed by atoms with Gasteiger partial charge in [0, 0.05) is 18.9 Å². The smallest absolute Gasteiger partial charge is 0.433 e. The van der Waals surface area contributed by atoms with E-state index in [9.17, 15) is 18.0 Å². The molecule has 1 amide bonds. The maximum atomic E-state index is 12.3. The lowest BCUT2D eigenvalue weighted by molar-refractivity contribution is -0.141. The summed E-state index contributed by atoms with van der Waals surface area (Å²) in [5, 5.41) is 10.8.